The molecule has 3 spiro atoms. The number of benzene rings is 7. The van der Waals surface area contributed by atoms with E-state index in [1.807, 2.05) is 126 Å². The predicted molar refractivity (Wildman–Crippen MR) is 405 cm³/mol. The summed E-state index contributed by atoms with van der Waals surface area (Å²) in [7, 11) is 1.37. The molecule has 7 aromatic carbocycles. The number of carboxylic acid groups (broad SMARTS) is 1. The fourth-order valence-corrected chi connectivity index (χ4v) is 15.4. The number of carbonyl (C=O) groups is 6. The smallest absolute Gasteiger partial charge is 0.407 e. The van der Waals surface area contributed by atoms with Crippen molar-refractivity contribution in [3.05, 3.63) is 230 Å². The molecule has 6 fully saturated rings. The monoisotopic (exact) mass is 1450 g/mol. The average molecular weight is 1450 g/mol. The quantitative estimate of drug-likeness (QED) is 0.0499. The van der Waals surface area contributed by atoms with E-state index in [0.29, 0.717) is 88.0 Å². The van der Waals surface area contributed by atoms with Crippen LogP contribution in [0.25, 0.3) is 19.4 Å². The lowest BCUT2D eigenvalue weighted by molar-refractivity contribution is -0.140. The maximum atomic E-state index is 13.7. The zero-order valence-electron chi connectivity index (χ0n) is 57.3. The van der Waals surface area contributed by atoms with Gasteiger partial charge >= 0.3 is 18.1 Å². The Bertz CT molecular complexity index is 4830. The Morgan fingerprint density at radius 1 is 0.490 bits per heavy atom. The molecule has 7 aromatic rings. The topological polar surface area (TPSA) is 181 Å². The molecule has 3 aliphatic carbocycles. The molecule has 0 unspecified atom stereocenters. The van der Waals surface area contributed by atoms with Crippen molar-refractivity contribution in [1.29, 1.82) is 0 Å². The van der Waals surface area contributed by atoms with Crippen molar-refractivity contribution in [1.82, 2.24) is 0 Å². The number of thiocarbonyl (C=S) groups is 3. The molecule has 13 rings (SSSR count). The highest BCUT2D eigenvalue weighted by Gasteiger charge is 2.62. The van der Waals surface area contributed by atoms with E-state index in [1.165, 1.54) is 13.2 Å². The largest absolute Gasteiger partial charge is 0.481 e. The van der Waals surface area contributed by atoms with Crippen LogP contribution in [0.5, 0.6) is 0 Å². The molecule has 2 N–H and O–H groups in total. The number of rotatable bonds is 17. The van der Waals surface area contributed by atoms with Crippen LogP contribution in [0.4, 0.5) is 75.7 Å². The number of aryl methyl sites for hydroxylation is 5. The van der Waals surface area contributed by atoms with E-state index in [4.69, 9.17) is 72.8 Å². The minimum absolute atomic E-state index is 0.00996. The highest BCUT2D eigenvalue weighted by atomic mass is 32.1. The molecule has 19 nitrogen and oxygen atoms in total. The number of hydrogen-bond acceptors (Lipinski definition) is 10. The molecular weight excluding hydrogens is 1380 g/mol. The van der Waals surface area contributed by atoms with Crippen LogP contribution in [0.15, 0.2) is 146 Å². The second-order valence-corrected chi connectivity index (χ2v) is 27.5. The van der Waals surface area contributed by atoms with E-state index in [1.54, 1.807) is 51.1 Å². The number of ether oxygens (including phenoxy) is 1. The third-order valence-corrected chi connectivity index (χ3v) is 21.1. The Kier molecular flexibility index (Phi) is 21.6. The maximum Gasteiger partial charge on any atom is 0.407 e. The van der Waals surface area contributed by atoms with Gasteiger partial charge in [-0.15, -0.1) is 0 Å². The van der Waals surface area contributed by atoms with Crippen molar-refractivity contribution >= 4 is 150 Å². The van der Waals surface area contributed by atoms with E-state index in [2.05, 4.69) is 24.7 Å². The number of nitrogens with one attached hydrogen (secondary N) is 1. The molecule has 6 aliphatic rings. The molecule has 0 atom stereocenters. The zero-order chi connectivity index (χ0) is 74.6. The Morgan fingerprint density at radius 3 is 1.12 bits per heavy atom. The highest BCUT2D eigenvalue weighted by Crippen LogP contribution is 2.52. The summed E-state index contributed by atoms with van der Waals surface area (Å²) in [6.07, 6.45) is 5.27. The molecule has 3 aliphatic heterocycles. The molecule has 0 radical (unpaired) electrons. The molecule has 0 aromatic heterocycles. The van der Waals surface area contributed by atoms with Gasteiger partial charge in [-0.1, -0.05) is 60.7 Å². The van der Waals surface area contributed by atoms with Crippen LogP contribution in [-0.4, -0.2) is 79.7 Å². The predicted octanol–water partition coefficient (Wildman–Crippen LogP) is 17.5. The van der Waals surface area contributed by atoms with E-state index in [-0.39, 0.29) is 48.6 Å². The first-order chi connectivity index (χ1) is 49.8. The van der Waals surface area contributed by atoms with Crippen molar-refractivity contribution in [3.8, 4) is 0 Å². The van der Waals surface area contributed by atoms with Crippen molar-refractivity contribution in [3.63, 3.8) is 0 Å². The molecule has 3 heterocycles. The highest BCUT2D eigenvalue weighted by molar-refractivity contribution is 7.81. The molecule has 25 heteroatoms. The number of alkyl halides is 3. The van der Waals surface area contributed by atoms with Gasteiger partial charge in [0.25, 0.3) is 17.7 Å². The molecule has 3 saturated carbocycles. The van der Waals surface area contributed by atoms with Gasteiger partial charge in [-0.2, -0.15) is 13.2 Å². The summed E-state index contributed by atoms with van der Waals surface area (Å²) in [4.78, 5) is 99.4. The number of halogens is 3. The van der Waals surface area contributed by atoms with E-state index in [0.717, 1.165) is 108 Å². The second kappa shape index (κ2) is 30.4. The summed E-state index contributed by atoms with van der Waals surface area (Å²) < 4.78 is 44.4. The maximum absolute atomic E-state index is 13.7. The van der Waals surface area contributed by atoms with E-state index < -0.39 is 45.9 Å². The number of aliphatic carboxylic acids is 1. The Hall–Kier alpha value is -11.2. The number of anilines is 7. The Balaban J connectivity index is 0.000000160. The number of amides is 4. The van der Waals surface area contributed by atoms with Gasteiger partial charge in [0.1, 0.15) is 16.6 Å². The van der Waals surface area contributed by atoms with Crippen LogP contribution in [0, 0.1) is 47.1 Å². The van der Waals surface area contributed by atoms with Crippen molar-refractivity contribution in [2.75, 3.05) is 41.8 Å². The van der Waals surface area contributed by atoms with Gasteiger partial charge in [0, 0.05) is 52.7 Å². The lowest BCUT2D eigenvalue weighted by atomic mass is 9.75. The first kappa shape index (κ1) is 74.0. The van der Waals surface area contributed by atoms with Crippen LogP contribution >= 0.6 is 36.7 Å². The zero-order valence-corrected chi connectivity index (χ0v) is 59.8. The molecule has 0 bridgehead atoms. The molecule has 3 saturated heterocycles. The minimum atomic E-state index is -4.70. The standard InChI is InChI=1S/C32H26F3N5O2S.C24H23N3O3S.C23H21N3O3S/c1-20-18-24(13-15-26(20)36-2)39-29(42)31(16-5-17-31)40(30(39)43)23-11-8-21(9-12-23)6-4-7-28(41)38-22-10-14-27(37-3)25(19-22)32(33,34)35;1-16-15-19(11-12-20(16)25-2)26-22(30)24(13-4-14-24)27(23(26)31)18-9-7-17(8-10-18)5-3-6-21(28)29;1-15-13-18(9-10-19(15)24-2)25-21(28)23(11-4-12-23)26(22(25)30)17-7-5-16(6-8-17)14-20(27)29-3/h8-15,18-19H,4-7,16-17H2,1H3,(H,38,41);7-12,15H,3-6,13-14H2,1H3,(H,28,29);5-10,13H,4,11-12,14H2,1,3H3. The van der Waals surface area contributed by atoms with Crippen molar-refractivity contribution < 1.29 is 51.8 Å². The summed E-state index contributed by atoms with van der Waals surface area (Å²) in [5.74, 6) is -1.61. The summed E-state index contributed by atoms with van der Waals surface area (Å²) in [5.41, 5.74) is 7.77. The summed E-state index contributed by atoms with van der Waals surface area (Å²) in [5, 5.41) is 12.6. The average Bonchev–Trinajstić information content (AvgIpc) is 1.57. The van der Waals surface area contributed by atoms with E-state index >= 15 is 0 Å². The van der Waals surface area contributed by atoms with Crippen LogP contribution in [0.1, 0.15) is 122 Å². The molecular formula is C79H70F3N11O8S3. The van der Waals surface area contributed by atoms with Gasteiger partial charge in [-0.05, 0) is 259 Å². The van der Waals surface area contributed by atoms with Gasteiger partial charge in [-0.3, -0.25) is 43.5 Å². The first-order valence-corrected chi connectivity index (χ1v) is 34.9. The van der Waals surface area contributed by atoms with Crippen molar-refractivity contribution in [2.45, 2.75) is 146 Å². The Labute approximate surface area is 616 Å². The summed E-state index contributed by atoms with van der Waals surface area (Å²) in [6.45, 7) is 34.3. The third kappa shape index (κ3) is 14.2. The normalized spacial score (nSPS) is 16.5. The number of nitrogens with zero attached hydrogens (tertiary/aromatic N) is 10. The van der Waals surface area contributed by atoms with Crippen LogP contribution in [0.2, 0.25) is 0 Å². The van der Waals surface area contributed by atoms with Crippen LogP contribution < -0.4 is 34.7 Å². The Morgan fingerprint density at radius 2 is 0.817 bits per heavy atom. The second-order valence-electron chi connectivity index (χ2n) is 26.4. The fraction of sp³-hybridized carbons (Fsp3) is 0.304. The third-order valence-electron chi connectivity index (χ3n) is 20.0. The van der Waals surface area contributed by atoms with Gasteiger partial charge in [-0.25, -0.2) is 19.4 Å². The van der Waals surface area contributed by atoms with Crippen molar-refractivity contribution in [2.24, 2.45) is 0 Å². The molecule has 528 valence electrons. The van der Waals surface area contributed by atoms with Gasteiger partial charge in [0.05, 0.1) is 45.4 Å². The molecule has 104 heavy (non-hydrogen) atoms. The van der Waals surface area contributed by atoms with Gasteiger partial charge < -0.3 is 29.9 Å². The number of methoxy groups -OCH3 is 1. The number of esters is 1. The van der Waals surface area contributed by atoms with Gasteiger partial charge in [0.15, 0.2) is 38.1 Å². The van der Waals surface area contributed by atoms with Crippen LogP contribution in [0.3, 0.4) is 0 Å². The van der Waals surface area contributed by atoms with Crippen LogP contribution in [-0.2, 0) is 58.9 Å². The SMILES string of the molecule is [C-]#[N+]c1ccc(N2C(=O)C3(CCC3)N(c3ccc(CC(=O)OC)cc3)C2=S)cc1C.[C-]#[N+]c1ccc(N2C(=O)C3(CCC3)N(c3ccc(CCCC(=O)Nc4ccc([N+]#[C-])c(C(F)(F)F)c4)cc3)C2=S)cc1C.[C-]#[N+]c1ccc(N2C(=O)C3(CCC3)N(c3ccc(CCCC(=O)O)cc3)C2=S)cc1C. The van der Waals surface area contributed by atoms with E-state index in [9.17, 15) is 41.9 Å². The minimum Gasteiger partial charge on any atom is -0.481 e. The number of hydrogen-bond donors (Lipinski definition) is 2. The first-order valence-electron chi connectivity index (χ1n) is 33.7. The number of carbonyl (C=O) groups excluding carboxylic acids is 5. The van der Waals surface area contributed by atoms with Gasteiger partial charge in [0.2, 0.25) is 5.91 Å². The summed E-state index contributed by atoms with van der Waals surface area (Å²) in [6, 6.07) is 42.1. The fourth-order valence-electron chi connectivity index (χ4n) is 14.0. The lowest BCUT2D eigenvalue weighted by Crippen LogP contribution is -2.55. The lowest BCUT2D eigenvalue weighted by Gasteiger charge is -2.43. The summed E-state index contributed by atoms with van der Waals surface area (Å²) >= 11 is 17.4. The molecule has 4 amide bonds. The number of carboxylic acids is 1.